The molecule has 20 heavy (non-hydrogen) atoms. The number of hydrogen-bond acceptors (Lipinski definition) is 4. The highest BCUT2D eigenvalue weighted by Gasteiger charge is 2.33. The monoisotopic (exact) mass is 317 g/mol. The van der Waals surface area contributed by atoms with Crippen molar-refractivity contribution in [2.24, 2.45) is 0 Å². The first-order valence-corrected chi connectivity index (χ1v) is 8.35. The Hall–Kier alpha value is -1.27. The number of halogens is 1. The topological polar surface area (TPSA) is 63.7 Å². The minimum Gasteiger partial charge on any atom is -0.495 e. The van der Waals surface area contributed by atoms with Crippen molar-refractivity contribution in [1.82, 2.24) is 4.90 Å². The van der Waals surface area contributed by atoms with E-state index in [0.717, 1.165) is 0 Å². The van der Waals surface area contributed by atoms with Gasteiger partial charge in [0.15, 0.2) is 9.84 Å². The standard InChI is InChI=1S/C13H16ClNO4S/c1-15(10-5-6-20(17,18)8-10)13(16)9-3-4-12(19-2)11(14)7-9/h3-4,7,10H,5-6,8H2,1-2H3. The van der Waals surface area contributed by atoms with Gasteiger partial charge in [-0.1, -0.05) is 11.6 Å². The van der Waals surface area contributed by atoms with Crippen LogP contribution in [-0.4, -0.2) is 50.9 Å². The van der Waals surface area contributed by atoms with Crippen LogP contribution in [0.25, 0.3) is 0 Å². The summed E-state index contributed by atoms with van der Waals surface area (Å²) in [4.78, 5) is 13.8. The summed E-state index contributed by atoms with van der Waals surface area (Å²) >= 11 is 5.99. The molecule has 0 aromatic heterocycles. The largest absolute Gasteiger partial charge is 0.495 e. The SMILES string of the molecule is COc1ccc(C(=O)N(C)C2CCS(=O)(=O)C2)cc1Cl. The van der Waals surface area contributed by atoms with E-state index in [2.05, 4.69) is 0 Å². The van der Waals surface area contributed by atoms with Crippen molar-refractivity contribution in [3.8, 4) is 5.75 Å². The summed E-state index contributed by atoms with van der Waals surface area (Å²) in [7, 11) is 0.100. The van der Waals surface area contributed by atoms with Gasteiger partial charge in [0.25, 0.3) is 5.91 Å². The molecule has 1 saturated heterocycles. The minimum atomic E-state index is -3.01. The van der Waals surface area contributed by atoms with E-state index in [1.165, 1.54) is 18.1 Å². The summed E-state index contributed by atoms with van der Waals surface area (Å²) in [6.45, 7) is 0. The van der Waals surface area contributed by atoms with Crippen LogP contribution in [-0.2, 0) is 9.84 Å². The van der Waals surface area contributed by atoms with E-state index >= 15 is 0 Å². The third kappa shape index (κ3) is 3.07. The lowest BCUT2D eigenvalue weighted by molar-refractivity contribution is 0.0747. The van der Waals surface area contributed by atoms with E-state index in [4.69, 9.17) is 16.3 Å². The van der Waals surface area contributed by atoms with Gasteiger partial charge in [0.2, 0.25) is 0 Å². The number of sulfone groups is 1. The summed E-state index contributed by atoms with van der Waals surface area (Å²) in [5.74, 6) is 0.420. The molecule has 0 spiro atoms. The Morgan fingerprint density at radius 3 is 2.65 bits per heavy atom. The number of benzene rings is 1. The summed E-state index contributed by atoms with van der Waals surface area (Å²) in [6.07, 6.45) is 0.481. The van der Waals surface area contributed by atoms with Crippen LogP contribution in [0.1, 0.15) is 16.8 Å². The molecular formula is C13H16ClNO4S. The molecule has 2 rings (SSSR count). The molecule has 1 heterocycles. The van der Waals surface area contributed by atoms with Gasteiger partial charge in [0.05, 0.1) is 23.6 Å². The lowest BCUT2D eigenvalue weighted by Gasteiger charge is -2.23. The maximum absolute atomic E-state index is 12.3. The van der Waals surface area contributed by atoms with Crippen LogP contribution in [0.4, 0.5) is 0 Å². The Morgan fingerprint density at radius 1 is 1.45 bits per heavy atom. The quantitative estimate of drug-likeness (QED) is 0.849. The molecule has 110 valence electrons. The van der Waals surface area contributed by atoms with Crippen molar-refractivity contribution in [2.75, 3.05) is 25.7 Å². The molecule has 0 aliphatic carbocycles. The van der Waals surface area contributed by atoms with Crippen LogP contribution >= 0.6 is 11.6 Å². The predicted molar refractivity (Wildman–Crippen MR) is 77.2 cm³/mol. The molecule has 1 aliphatic rings. The van der Waals surface area contributed by atoms with Crippen LogP contribution in [0.15, 0.2) is 18.2 Å². The number of hydrogen-bond donors (Lipinski definition) is 0. The Morgan fingerprint density at radius 2 is 2.15 bits per heavy atom. The van der Waals surface area contributed by atoms with Crippen molar-refractivity contribution >= 4 is 27.3 Å². The van der Waals surface area contributed by atoms with Crippen molar-refractivity contribution in [3.63, 3.8) is 0 Å². The van der Waals surface area contributed by atoms with Crippen molar-refractivity contribution in [2.45, 2.75) is 12.5 Å². The van der Waals surface area contributed by atoms with Crippen molar-refractivity contribution in [1.29, 1.82) is 0 Å². The highest BCUT2D eigenvalue weighted by atomic mass is 35.5. The van der Waals surface area contributed by atoms with Crippen molar-refractivity contribution < 1.29 is 17.9 Å². The maximum atomic E-state index is 12.3. The van der Waals surface area contributed by atoms with Crippen LogP contribution in [0.5, 0.6) is 5.75 Å². The second-order valence-electron chi connectivity index (χ2n) is 4.82. The first kappa shape index (κ1) is 15.1. The predicted octanol–water partition coefficient (Wildman–Crippen LogP) is 1.61. The van der Waals surface area contributed by atoms with E-state index in [-0.39, 0.29) is 23.5 Å². The third-order valence-corrected chi connectivity index (χ3v) is 5.52. The van der Waals surface area contributed by atoms with Gasteiger partial charge in [-0.25, -0.2) is 8.42 Å². The van der Waals surface area contributed by atoms with E-state index in [9.17, 15) is 13.2 Å². The second-order valence-corrected chi connectivity index (χ2v) is 7.46. The minimum absolute atomic E-state index is 0.0269. The van der Waals surface area contributed by atoms with E-state index < -0.39 is 9.84 Å². The second kappa shape index (κ2) is 5.61. The molecule has 1 unspecified atom stereocenters. The Balaban J connectivity index is 2.17. The molecule has 1 aromatic carbocycles. The van der Waals surface area contributed by atoms with Crippen LogP contribution in [0.3, 0.4) is 0 Å². The highest BCUT2D eigenvalue weighted by molar-refractivity contribution is 7.91. The fourth-order valence-corrected chi connectivity index (χ4v) is 4.28. The average Bonchev–Trinajstić information content (AvgIpc) is 2.77. The molecule has 1 aliphatic heterocycles. The van der Waals surface area contributed by atoms with Gasteiger partial charge < -0.3 is 9.64 Å². The zero-order chi connectivity index (χ0) is 14.9. The number of ether oxygens (including phenoxy) is 1. The molecule has 1 fully saturated rings. The number of nitrogens with zero attached hydrogens (tertiary/aromatic N) is 1. The molecule has 5 nitrogen and oxygen atoms in total. The first-order valence-electron chi connectivity index (χ1n) is 6.15. The van der Waals surface area contributed by atoms with Gasteiger partial charge >= 0.3 is 0 Å². The molecule has 0 radical (unpaired) electrons. The van der Waals surface area contributed by atoms with Crippen LogP contribution in [0.2, 0.25) is 5.02 Å². The molecule has 1 amide bonds. The van der Waals surface area contributed by atoms with Crippen LogP contribution < -0.4 is 4.74 Å². The van der Waals surface area contributed by atoms with Gasteiger partial charge in [-0.3, -0.25) is 4.79 Å². The number of carbonyl (C=O) groups excluding carboxylic acids is 1. The third-order valence-electron chi connectivity index (χ3n) is 3.48. The number of methoxy groups -OCH3 is 1. The molecule has 0 saturated carbocycles. The zero-order valence-electron chi connectivity index (χ0n) is 11.3. The molecule has 0 bridgehead atoms. The fourth-order valence-electron chi connectivity index (χ4n) is 2.25. The average molecular weight is 318 g/mol. The molecular weight excluding hydrogens is 302 g/mol. The molecule has 0 N–H and O–H groups in total. The van der Waals surface area contributed by atoms with E-state index in [1.54, 1.807) is 19.2 Å². The Labute approximate surface area is 123 Å². The smallest absolute Gasteiger partial charge is 0.253 e. The summed E-state index contributed by atoms with van der Waals surface area (Å²) < 4.78 is 28.0. The number of carbonyl (C=O) groups is 1. The maximum Gasteiger partial charge on any atom is 0.253 e. The van der Waals surface area contributed by atoms with Gasteiger partial charge in [-0.05, 0) is 24.6 Å². The van der Waals surface area contributed by atoms with Gasteiger partial charge in [0, 0.05) is 18.7 Å². The normalized spacial score (nSPS) is 20.6. The fraction of sp³-hybridized carbons (Fsp3) is 0.462. The Kier molecular flexibility index (Phi) is 4.25. The summed E-state index contributed by atoms with van der Waals surface area (Å²) in [5.41, 5.74) is 0.419. The zero-order valence-corrected chi connectivity index (χ0v) is 12.9. The molecule has 1 atom stereocenters. The highest BCUT2D eigenvalue weighted by Crippen LogP contribution is 2.26. The summed E-state index contributed by atoms with van der Waals surface area (Å²) in [6, 6.07) is 4.50. The summed E-state index contributed by atoms with van der Waals surface area (Å²) in [5, 5.41) is 0.353. The van der Waals surface area contributed by atoms with Gasteiger partial charge in [0.1, 0.15) is 5.75 Å². The first-order chi connectivity index (χ1) is 9.34. The Bertz CT molecular complexity index is 629. The number of rotatable bonds is 3. The molecule has 7 heteroatoms. The number of amides is 1. The van der Waals surface area contributed by atoms with Crippen molar-refractivity contribution in [3.05, 3.63) is 28.8 Å². The lowest BCUT2D eigenvalue weighted by Crippen LogP contribution is -2.37. The van der Waals surface area contributed by atoms with Gasteiger partial charge in [-0.15, -0.1) is 0 Å². The van der Waals surface area contributed by atoms with E-state index in [1.807, 2.05) is 0 Å². The molecule has 1 aromatic rings. The van der Waals surface area contributed by atoms with Gasteiger partial charge in [-0.2, -0.15) is 0 Å². The van der Waals surface area contributed by atoms with Crippen LogP contribution in [0, 0.1) is 0 Å². The lowest BCUT2D eigenvalue weighted by atomic mass is 10.1. The van der Waals surface area contributed by atoms with E-state index in [0.29, 0.717) is 22.8 Å².